The predicted molar refractivity (Wildman–Crippen MR) is 23.2 cm³/mol. The molecular weight excluding hydrogens is 80.0 g/mol. The van der Waals surface area contributed by atoms with Crippen molar-refractivity contribution >= 4 is 0 Å². The summed E-state index contributed by atoms with van der Waals surface area (Å²) in [5.41, 5.74) is 0. The van der Waals surface area contributed by atoms with E-state index in [2.05, 4.69) is 4.89 Å². The Morgan fingerprint density at radius 2 is 2.50 bits per heavy atom. The van der Waals surface area contributed by atoms with E-state index in [0.717, 1.165) is 6.42 Å². The van der Waals surface area contributed by atoms with Crippen LogP contribution in [-0.2, 0) is 4.89 Å². The molecule has 0 aliphatic heterocycles. The molecule has 0 bridgehead atoms. The van der Waals surface area contributed by atoms with Crippen LogP contribution in [0.15, 0.2) is 0 Å². The van der Waals surface area contributed by atoms with Gasteiger partial charge in [0.2, 0.25) is 0 Å². The van der Waals surface area contributed by atoms with Gasteiger partial charge in [0, 0.05) is 0 Å². The molecule has 1 N–H and O–H groups in total. The van der Waals surface area contributed by atoms with E-state index in [1.165, 1.54) is 0 Å². The van der Waals surface area contributed by atoms with Crippen molar-refractivity contribution < 1.29 is 10.1 Å². The first-order valence-electron chi connectivity index (χ1n) is 1.96. The average Bonchev–Trinajstić information content (AvgIpc) is 1.61. The van der Waals surface area contributed by atoms with Crippen molar-refractivity contribution in [1.29, 1.82) is 0 Å². The second kappa shape index (κ2) is 4.92. The highest BCUT2D eigenvalue weighted by atomic mass is 17.1. The molecule has 0 unspecified atom stereocenters. The molecule has 0 aromatic rings. The summed E-state index contributed by atoms with van der Waals surface area (Å²) in [6.45, 7) is 2.33. The molecule has 0 atom stereocenters. The molecule has 0 aliphatic carbocycles. The van der Waals surface area contributed by atoms with Gasteiger partial charge in [0.15, 0.2) is 0 Å². The van der Waals surface area contributed by atoms with Gasteiger partial charge in [-0.05, 0) is 12.8 Å². The highest BCUT2D eigenvalue weighted by Gasteiger charge is 1.76. The Labute approximate surface area is 37.7 Å². The minimum absolute atomic E-state index is 0.413. The van der Waals surface area contributed by atoms with Gasteiger partial charge in [0.25, 0.3) is 0 Å². The quantitative estimate of drug-likeness (QED) is 0.318. The van der Waals surface area contributed by atoms with E-state index in [4.69, 9.17) is 5.26 Å². The lowest BCUT2D eigenvalue weighted by atomic mass is 10.4. The highest BCUT2D eigenvalue weighted by Crippen LogP contribution is 1.81. The van der Waals surface area contributed by atoms with Crippen molar-refractivity contribution in [3.8, 4) is 0 Å². The van der Waals surface area contributed by atoms with Gasteiger partial charge in [-0.3, -0.25) is 5.26 Å². The molecule has 0 aromatic carbocycles. The van der Waals surface area contributed by atoms with Crippen molar-refractivity contribution in [1.82, 2.24) is 0 Å². The Hall–Kier alpha value is -0.0800. The third-order valence-corrected chi connectivity index (χ3v) is 0.498. The number of hydrogen-bond donors (Lipinski definition) is 1. The van der Waals surface area contributed by atoms with Crippen molar-refractivity contribution in [3.63, 3.8) is 0 Å². The summed E-state index contributed by atoms with van der Waals surface area (Å²) >= 11 is 0. The molecule has 2 heteroatoms. The van der Waals surface area contributed by atoms with E-state index in [1.807, 2.05) is 13.3 Å². The minimum atomic E-state index is 0.413. The molecule has 0 spiro atoms. The van der Waals surface area contributed by atoms with E-state index in [-0.39, 0.29) is 0 Å². The number of rotatable bonds is 3. The molecule has 0 saturated carbocycles. The fraction of sp³-hybridized carbons (Fsp3) is 0.750. The Balaban J connectivity index is 2.34. The van der Waals surface area contributed by atoms with E-state index < -0.39 is 0 Å². The van der Waals surface area contributed by atoms with Gasteiger partial charge < -0.3 is 0 Å². The van der Waals surface area contributed by atoms with Crippen LogP contribution in [0, 0.1) is 6.42 Å². The van der Waals surface area contributed by atoms with Crippen molar-refractivity contribution in [2.24, 2.45) is 0 Å². The maximum absolute atomic E-state index is 7.68. The Morgan fingerprint density at radius 1 is 1.83 bits per heavy atom. The lowest BCUT2D eigenvalue weighted by Crippen LogP contribution is -1.85. The van der Waals surface area contributed by atoms with Crippen LogP contribution in [0.3, 0.4) is 0 Å². The standard InChI is InChI=1S/C4H9O2/c1-2-3-4-6-5/h2,5H,3-4H2,1H3. The monoisotopic (exact) mass is 89.1 g/mol. The van der Waals surface area contributed by atoms with Crippen LogP contribution in [0.1, 0.15) is 13.3 Å². The van der Waals surface area contributed by atoms with Crippen molar-refractivity contribution in [2.75, 3.05) is 6.61 Å². The average molecular weight is 89.1 g/mol. The molecule has 0 saturated heterocycles. The largest absolute Gasteiger partial charge is 0.252 e. The third kappa shape index (κ3) is 3.92. The van der Waals surface area contributed by atoms with Crippen LogP contribution in [0.25, 0.3) is 0 Å². The molecule has 0 rings (SSSR count). The van der Waals surface area contributed by atoms with Gasteiger partial charge >= 0.3 is 0 Å². The van der Waals surface area contributed by atoms with Gasteiger partial charge in [-0.15, -0.1) is 0 Å². The molecule has 0 aromatic heterocycles. The second-order valence-electron chi connectivity index (χ2n) is 1.03. The first-order valence-corrected chi connectivity index (χ1v) is 1.96. The van der Waals surface area contributed by atoms with Gasteiger partial charge in [-0.25, -0.2) is 4.89 Å². The SMILES string of the molecule is C[CH]CCOO. The Kier molecular flexibility index (Phi) is 4.85. The predicted octanol–water partition coefficient (Wildman–Crippen LogP) is 1.09. The van der Waals surface area contributed by atoms with Crippen LogP contribution in [0.5, 0.6) is 0 Å². The maximum Gasteiger partial charge on any atom is 0.0822 e. The fourth-order valence-corrected chi connectivity index (χ4v) is 0.171. The van der Waals surface area contributed by atoms with E-state index in [1.54, 1.807) is 0 Å². The number of unbranched alkanes of at least 4 members (excludes halogenated alkanes) is 1. The van der Waals surface area contributed by atoms with Gasteiger partial charge in [0.1, 0.15) is 0 Å². The van der Waals surface area contributed by atoms with Crippen molar-refractivity contribution in [3.05, 3.63) is 6.42 Å². The second-order valence-corrected chi connectivity index (χ2v) is 1.03. The number of hydrogen-bond acceptors (Lipinski definition) is 2. The molecule has 6 heavy (non-hydrogen) atoms. The van der Waals surface area contributed by atoms with Gasteiger partial charge in [0.05, 0.1) is 6.61 Å². The Bertz CT molecular complexity index is 17.5. The van der Waals surface area contributed by atoms with Crippen LogP contribution < -0.4 is 0 Å². The summed E-state index contributed by atoms with van der Waals surface area (Å²) in [4.78, 5) is 3.75. The summed E-state index contributed by atoms with van der Waals surface area (Å²) in [5.74, 6) is 0. The van der Waals surface area contributed by atoms with E-state index >= 15 is 0 Å². The fourth-order valence-electron chi connectivity index (χ4n) is 0.171. The summed E-state index contributed by atoms with van der Waals surface area (Å²) in [5, 5.41) is 7.68. The molecule has 0 aliphatic rings. The first-order chi connectivity index (χ1) is 2.91. The van der Waals surface area contributed by atoms with E-state index in [9.17, 15) is 0 Å². The van der Waals surface area contributed by atoms with Gasteiger partial charge in [-0.1, -0.05) is 6.92 Å². The third-order valence-electron chi connectivity index (χ3n) is 0.498. The van der Waals surface area contributed by atoms with Crippen LogP contribution >= 0.6 is 0 Å². The highest BCUT2D eigenvalue weighted by molar-refractivity contribution is 4.51. The zero-order valence-corrected chi connectivity index (χ0v) is 3.85. The lowest BCUT2D eigenvalue weighted by molar-refractivity contribution is -0.241. The van der Waals surface area contributed by atoms with Crippen LogP contribution in [0.2, 0.25) is 0 Å². The molecular formula is C4H9O2. The Morgan fingerprint density at radius 3 is 2.67 bits per heavy atom. The zero-order chi connectivity index (χ0) is 4.83. The summed E-state index contributed by atoms with van der Waals surface area (Å²) in [6.07, 6.45) is 2.74. The van der Waals surface area contributed by atoms with Gasteiger partial charge in [-0.2, -0.15) is 0 Å². The first kappa shape index (κ1) is 5.92. The molecule has 1 radical (unpaired) electrons. The normalized spacial score (nSPS) is 9.00. The summed E-state index contributed by atoms with van der Waals surface area (Å²) in [7, 11) is 0. The molecule has 0 fully saturated rings. The van der Waals surface area contributed by atoms with Crippen molar-refractivity contribution in [2.45, 2.75) is 13.3 Å². The van der Waals surface area contributed by atoms with E-state index in [0.29, 0.717) is 6.61 Å². The zero-order valence-electron chi connectivity index (χ0n) is 3.85. The minimum Gasteiger partial charge on any atom is -0.252 e. The summed E-state index contributed by atoms with van der Waals surface area (Å²) < 4.78 is 0. The smallest absolute Gasteiger partial charge is 0.0822 e. The topological polar surface area (TPSA) is 29.5 Å². The molecule has 0 heterocycles. The summed E-state index contributed by atoms with van der Waals surface area (Å²) in [6, 6.07) is 0. The molecule has 2 nitrogen and oxygen atoms in total. The maximum atomic E-state index is 7.68. The van der Waals surface area contributed by atoms with Crippen LogP contribution in [-0.4, -0.2) is 11.9 Å². The molecule has 37 valence electrons. The molecule has 0 amide bonds. The van der Waals surface area contributed by atoms with Crippen LogP contribution in [0.4, 0.5) is 0 Å². The lowest BCUT2D eigenvalue weighted by Gasteiger charge is -1.86.